The maximum absolute atomic E-state index is 13.4. The van der Waals surface area contributed by atoms with E-state index in [2.05, 4.69) is 5.10 Å². The van der Waals surface area contributed by atoms with Crippen LogP contribution in [0.1, 0.15) is 21.5 Å². The fourth-order valence-electron chi connectivity index (χ4n) is 3.82. The van der Waals surface area contributed by atoms with Crippen LogP contribution in [-0.2, 0) is 29.0 Å². The molecule has 0 spiro atoms. The quantitative estimate of drug-likeness (QED) is 0.369. The highest BCUT2D eigenvalue weighted by atomic mass is 32.2. The summed E-state index contributed by atoms with van der Waals surface area (Å²) in [5.74, 6) is -1.14. The predicted molar refractivity (Wildman–Crippen MR) is 126 cm³/mol. The van der Waals surface area contributed by atoms with Gasteiger partial charge in [0.05, 0.1) is 29.6 Å². The van der Waals surface area contributed by atoms with Crippen molar-refractivity contribution in [1.29, 1.82) is 0 Å². The molecule has 8 nitrogen and oxygen atoms in total. The molecule has 1 unspecified atom stereocenters. The molecule has 2 aromatic carbocycles. The van der Waals surface area contributed by atoms with E-state index in [1.54, 1.807) is 6.07 Å². The van der Waals surface area contributed by atoms with Crippen LogP contribution in [0.3, 0.4) is 0 Å². The van der Waals surface area contributed by atoms with Gasteiger partial charge in [0, 0.05) is 36.0 Å². The van der Waals surface area contributed by atoms with E-state index >= 15 is 0 Å². The number of anilines is 1. The first-order valence-electron chi connectivity index (χ1n) is 10.4. The standard InChI is InChI=1S/C24H23FN4O4S/c1-33-15-18-13-20-22(24(26)30)23(17-7-9-19(25)10-8-17)27-28(20)14-21(18)29(34(31)32)12-11-16-5-3-2-4-6-16/h2-10,13-14H,11-12,15H2,1H3,(H2,26,30)(H,31,32)/p-1. The van der Waals surface area contributed by atoms with Gasteiger partial charge in [-0.3, -0.25) is 9.00 Å². The van der Waals surface area contributed by atoms with Gasteiger partial charge in [-0.1, -0.05) is 30.3 Å². The number of carbonyl (C=O) groups excluding carboxylic acids is 1. The van der Waals surface area contributed by atoms with Crippen molar-refractivity contribution in [2.45, 2.75) is 13.0 Å². The lowest BCUT2D eigenvalue weighted by molar-refractivity contribution is 0.100. The molecule has 2 N–H and O–H groups in total. The van der Waals surface area contributed by atoms with Crippen molar-refractivity contribution >= 4 is 28.4 Å². The monoisotopic (exact) mass is 481 g/mol. The van der Waals surface area contributed by atoms with Crippen LogP contribution in [0.15, 0.2) is 66.9 Å². The highest BCUT2D eigenvalue weighted by Crippen LogP contribution is 2.31. The number of halogens is 1. The first kappa shape index (κ1) is 23.6. The zero-order valence-corrected chi connectivity index (χ0v) is 19.1. The topological polar surface area (TPSA) is 113 Å². The second-order valence-corrected chi connectivity index (χ2v) is 8.47. The molecule has 4 rings (SSSR count). The molecule has 1 amide bonds. The summed E-state index contributed by atoms with van der Waals surface area (Å²) in [4.78, 5) is 12.3. The van der Waals surface area contributed by atoms with Crippen molar-refractivity contribution in [2.24, 2.45) is 5.73 Å². The molecule has 176 valence electrons. The van der Waals surface area contributed by atoms with Crippen molar-refractivity contribution in [1.82, 2.24) is 9.61 Å². The molecular weight excluding hydrogens is 459 g/mol. The molecule has 0 fully saturated rings. The van der Waals surface area contributed by atoms with Crippen LogP contribution < -0.4 is 10.0 Å². The number of amides is 1. The highest BCUT2D eigenvalue weighted by Gasteiger charge is 2.22. The molecule has 0 radical (unpaired) electrons. The summed E-state index contributed by atoms with van der Waals surface area (Å²) in [5.41, 5.74) is 8.87. The minimum atomic E-state index is -2.58. The van der Waals surface area contributed by atoms with E-state index < -0.39 is 23.0 Å². The SMILES string of the molecule is COCc1cc2c(C(N)=O)c(-c3ccc(F)cc3)nn2cc1N(CCc1ccccc1)S(=O)[O-]. The van der Waals surface area contributed by atoms with E-state index in [4.69, 9.17) is 10.5 Å². The Bertz CT molecular complexity index is 1340. The molecule has 2 heterocycles. The van der Waals surface area contributed by atoms with E-state index in [1.165, 1.54) is 46.4 Å². The van der Waals surface area contributed by atoms with Gasteiger partial charge in [-0.15, -0.1) is 0 Å². The summed E-state index contributed by atoms with van der Waals surface area (Å²) in [6.45, 7) is 0.289. The third-order valence-electron chi connectivity index (χ3n) is 5.39. The molecule has 0 aliphatic heterocycles. The van der Waals surface area contributed by atoms with Gasteiger partial charge in [0.15, 0.2) is 0 Å². The zero-order chi connectivity index (χ0) is 24.2. The smallest absolute Gasteiger partial charge is 0.253 e. The largest absolute Gasteiger partial charge is 0.755 e. The number of aromatic nitrogens is 2. The van der Waals surface area contributed by atoms with Gasteiger partial charge in [0.2, 0.25) is 0 Å². The Morgan fingerprint density at radius 2 is 1.91 bits per heavy atom. The second kappa shape index (κ2) is 10.1. The number of hydrogen-bond acceptors (Lipinski definition) is 5. The van der Waals surface area contributed by atoms with E-state index in [9.17, 15) is 17.9 Å². The zero-order valence-electron chi connectivity index (χ0n) is 18.3. The Balaban J connectivity index is 1.84. The summed E-state index contributed by atoms with van der Waals surface area (Å²) in [6.07, 6.45) is 2.02. The number of nitrogens with zero attached hydrogens (tertiary/aromatic N) is 3. The Labute approximate surface area is 198 Å². The minimum absolute atomic E-state index is 0.0974. The molecule has 4 aromatic rings. The van der Waals surface area contributed by atoms with Crippen LogP contribution in [0.5, 0.6) is 0 Å². The van der Waals surface area contributed by atoms with Gasteiger partial charge < -0.3 is 19.3 Å². The predicted octanol–water partition coefficient (Wildman–Crippen LogP) is 3.23. The fourth-order valence-corrected chi connectivity index (χ4v) is 4.39. The van der Waals surface area contributed by atoms with Crippen molar-refractivity contribution in [3.05, 3.63) is 89.4 Å². The van der Waals surface area contributed by atoms with Crippen LogP contribution in [0, 0.1) is 5.82 Å². The summed E-state index contributed by atoms with van der Waals surface area (Å²) in [7, 11) is 1.49. The normalized spacial score (nSPS) is 12.1. The van der Waals surface area contributed by atoms with Crippen molar-refractivity contribution < 1.29 is 22.7 Å². The molecule has 0 aliphatic rings. The number of nitrogens with two attached hydrogens (primary N) is 1. The number of pyridine rings is 1. The average Bonchev–Trinajstić information content (AvgIpc) is 3.19. The van der Waals surface area contributed by atoms with E-state index in [-0.39, 0.29) is 24.4 Å². The molecule has 0 saturated carbocycles. The molecule has 0 bridgehead atoms. The van der Waals surface area contributed by atoms with E-state index in [1.807, 2.05) is 30.3 Å². The summed E-state index contributed by atoms with van der Waals surface area (Å²) >= 11 is -2.58. The summed E-state index contributed by atoms with van der Waals surface area (Å²) < 4.78 is 45.7. The molecule has 0 saturated heterocycles. The lowest BCUT2D eigenvalue weighted by Gasteiger charge is -2.28. The number of methoxy groups -OCH3 is 1. The number of fused-ring (bicyclic) bond motifs is 1. The Morgan fingerprint density at radius 3 is 2.53 bits per heavy atom. The first-order valence-corrected chi connectivity index (χ1v) is 11.4. The number of carbonyl (C=O) groups is 1. The van der Waals surface area contributed by atoms with Crippen molar-refractivity contribution in [3.63, 3.8) is 0 Å². The molecule has 0 aliphatic carbocycles. The third-order valence-corrected chi connectivity index (χ3v) is 6.13. The lowest BCUT2D eigenvalue weighted by Crippen LogP contribution is -2.29. The number of benzene rings is 2. The highest BCUT2D eigenvalue weighted by molar-refractivity contribution is 7.80. The second-order valence-electron chi connectivity index (χ2n) is 7.60. The average molecular weight is 482 g/mol. The van der Waals surface area contributed by atoms with Crippen LogP contribution in [0.25, 0.3) is 16.8 Å². The van der Waals surface area contributed by atoms with Gasteiger partial charge in [-0.05, 0) is 42.3 Å². The third kappa shape index (κ3) is 4.84. The van der Waals surface area contributed by atoms with Crippen LogP contribution >= 0.6 is 0 Å². The minimum Gasteiger partial charge on any atom is -0.755 e. The first-order chi connectivity index (χ1) is 16.4. The van der Waals surface area contributed by atoms with Crippen molar-refractivity contribution in [3.8, 4) is 11.3 Å². The maximum Gasteiger partial charge on any atom is 0.253 e. The molecule has 1 atom stereocenters. The fraction of sp³-hybridized carbons (Fsp3) is 0.167. The van der Waals surface area contributed by atoms with E-state index in [0.717, 1.165) is 5.56 Å². The Hall–Kier alpha value is -3.60. The molecule has 34 heavy (non-hydrogen) atoms. The number of hydrogen-bond donors (Lipinski definition) is 1. The van der Waals surface area contributed by atoms with Gasteiger partial charge in [0.1, 0.15) is 11.5 Å². The number of rotatable bonds is 9. The van der Waals surface area contributed by atoms with Gasteiger partial charge in [0.25, 0.3) is 5.91 Å². The van der Waals surface area contributed by atoms with Crippen LogP contribution in [0.4, 0.5) is 10.1 Å². The Morgan fingerprint density at radius 1 is 1.21 bits per heavy atom. The van der Waals surface area contributed by atoms with Crippen LogP contribution in [0.2, 0.25) is 0 Å². The van der Waals surface area contributed by atoms with E-state index in [0.29, 0.717) is 28.8 Å². The van der Waals surface area contributed by atoms with Gasteiger partial charge >= 0.3 is 0 Å². The van der Waals surface area contributed by atoms with Crippen molar-refractivity contribution in [2.75, 3.05) is 18.0 Å². The molecule has 10 heteroatoms. The maximum atomic E-state index is 13.4. The molecular formula is C24H22FN4O4S-. The summed E-state index contributed by atoms with van der Waals surface area (Å²) in [6, 6.07) is 16.7. The van der Waals surface area contributed by atoms with Gasteiger partial charge in [-0.2, -0.15) is 5.10 Å². The van der Waals surface area contributed by atoms with Crippen LogP contribution in [-0.4, -0.2) is 37.9 Å². The summed E-state index contributed by atoms with van der Waals surface area (Å²) in [5, 5.41) is 4.48. The Kier molecular flexibility index (Phi) is 7.01. The number of ether oxygens (including phenoxy) is 1. The molecule has 2 aromatic heterocycles. The van der Waals surface area contributed by atoms with Gasteiger partial charge in [-0.25, -0.2) is 8.91 Å². The lowest BCUT2D eigenvalue weighted by atomic mass is 10.1. The number of primary amides is 1.